The number of rotatable bonds is 7. The van der Waals surface area contributed by atoms with E-state index in [1.807, 2.05) is 42.5 Å². The molecule has 0 unspecified atom stereocenters. The Kier molecular flexibility index (Phi) is 5.90. The van der Waals surface area contributed by atoms with Crippen LogP contribution in [0.15, 0.2) is 71.4 Å². The maximum absolute atomic E-state index is 4.34. The molecule has 0 aliphatic heterocycles. The van der Waals surface area contributed by atoms with Crippen molar-refractivity contribution in [3.63, 3.8) is 0 Å². The maximum Gasteiger partial charge on any atom is 0.0861 e. The van der Waals surface area contributed by atoms with Gasteiger partial charge in [0.25, 0.3) is 0 Å². The predicted molar refractivity (Wildman–Crippen MR) is 94.5 cm³/mol. The molecule has 0 heterocycles. The van der Waals surface area contributed by atoms with E-state index in [-0.39, 0.29) is 0 Å². The molecule has 0 atom stereocenters. The topological polar surface area (TPSA) is 28.0 Å². The average molecular weight is 293 g/mol. The minimum absolute atomic E-state index is 0.834. The Morgan fingerprint density at radius 1 is 0.955 bits per heavy atom. The quantitative estimate of drug-likeness (QED) is 0.477. The highest BCUT2D eigenvalue weighted by Gasteiger charge is 2.08. The first-order chi connectivity index (χ1) is 10.8. The van der Waals surface area contributed by atoms with Gasteiger partial charge < -0.3 is 4.90 Å². The molecule has 3 heteroatoms. The third-order valence-electron chi connectivity index (χ3n) is 3.57. The molecule has 0 amide bonds. The molecule has 0 aliphatic carbocycles. The molecule has 2 aromatic rings. The molecule has 2 rings (SSSR count). The highest BCUT2D eigenvalue weighted by atomic mass is 15.1. The molecule has 0 fully saturated rings. The second-order valence-electron chi connectivity index (χ2n) is 5.01. The third kappa shape index (κ3) is 4.04. The van der Waals surface area contributed by atoms with E-state index in [4.69, 9.17) is 0 Å². The number of hydrogen-bond acceptors (Lipinski definition) is 3. The van der Waals surface area contributed by atoms with Gasteiger partial charge in [-0.3, -0.25) is 0 Å². The van der Waals surface area contributed by atoms with Crippen molar-refractivity contribution in [3.05, 3.63) is 66.7 Å². The molecular weight excluding hydrogens is 270 g/mol. The van der Waals surface area contributed by atoms with Crippen LogP contribution in [-0.2, 0) is 6.42 Å². The van der Waals surface area contributed by atoms with Crippen LogP contribution in [0.3, 0.4) is 0 Å². The standard InChI is InChI=1S/C19H23N3/c1-4-10-16-15-18(13-14-19(16)22(5-2)6-3)21-20-17-11-8-7-9-12-17/h4,7-9,11-15H,1,5-6,10H2,2-3H3. The van der Waals surface area contributed by atoms with Crippen molar-refractivity contribution in [1.82, 2.24) is 0 Å². The molecule has 0 N–H and O–H groups in total. The molecule has 2 aromatic carbocycles. The van der Waals surface area contributed by atoms with Crippen LogP contribution >= 0.6 is 0 Å². The summed E-state index contributed by atoms with van der Waals surface area (Å²) in [5.41, 5.74) is 4.23. The molecule has 0 saturated heterocycles. The van der Waals surface area contributed by atoms with Crippen molar-refractivity contribution in [3.8, 4) is 0 Å². The lowest BCUT2D eigenvalue weighted by atomic mass is 10.1. The van der Waals surface area contributed by atoms with Crippen LogP contribution in [0.2, 0.25) is 0 Å². The highest BCUT2D eigenvalue weighted by Crippen LogP contribution is 2.27. The molecule has 0 radical (unpaired) electrons. The van der Waals surface area contributed by atoms with E-state index in [1.54, 1.807) is 0 Å². The van der Waals surface area contributed by atoms with E-state index < -0.39 is 0 Å². The number of nitrogens with zero attached hydrogens (tertiary/aromatic N) is 3. The van der Waals surface area contributed by atoms with Gasteiger partial charge in [0, 0.05) is 18.8 Å². The van der Waals surface area contributed by atoms with Crippen molar-refractivity contribution in [2.75, 3.05) is 18.0 Å². The van der Waals surface area contributed by atoms with Crippen LogP contribution in [0, 0.1) is 0 Å². The Bertz CT molecular complexity index is 628. The number of benzene rings is 2. The van der Waals surface area contributed by atoms with Gasteiger partial charge in [0.2, 0.25) is 0 Å². The summed E-state index contributed by atoms with van der Waals surface area (Å²) < 4.78 is 0. The Morgan fingerprint density at radius 3 is 2.27 bits per heavy atom. The fourth-order valence-electron chi connectivity index (χ4n) is 2.44. The van der Waals surface area contributed by atoms with Crippen LogP contribution in [-0.4, -0.2) is 13.1 Å². The zero-order valence-corrected chi connectivity index (χ0v) is 13.4. The summed E-state index contributed by atoms with van der Waals surface area (Å²) in [7, 11) is 0. The minimum atomic E-state index is 0.834. The summed E-state index contributed by atoms with van der Waals surface area (Å²) in [6.07, 6.45) is 2.76. The van der Waals surface area contributed by atoms with Gasteiger partial charge in [-0.15, -0.1) is 6.58 Å². The highest BCUT2D eigenvalue weighted by molar-refractivity contribution is 5.60. The van der Waals surface area contributed by atoms with E-state index in [0.29, 0.717) is 0 Å². The Hall–Kier alpha value is -2.42. The average Bonchev–Trinajstić information content (AvgIpc) is 2.57. The molecule has 22 heavy (non-hydrogen) atoms. The van der Waals surface area contributed by atoms with Gasteiger partial charge in [-0.05, 0) is 56.2 Å². The van der Waals surface area contributed by atoms with E-state index in [1.165, 1.54) is 11.3 Å². The molecule has 0 saturated carbocycles. The number of hydrogen-bond donors (Lipinski definition) is 0. The molecule has 0 aliphatic rings. The lowest BCUT2D eigenvalue weighted by Crippen LogP contribution is -2.23. The first kappa shape index (κ1) is 16.0. The fourth-order valence-corrected chi connectivity index (χ4v) is 2.44. The summed E-state index contributed by atoms with van der Waals surface area (Å²) in [4.78, 5) is 2.34. The van der Waals surface area contributed by atoms with Gasteiger partial charge in [0.1, 0.15) is 0 Å². The number of anilines is 1. The maximum atomic E-state index is 4.34. The van der Waals surface area contributed by atoms with Gasteiger partial charge in [-0.1, -0.05) is 24.3 Å². The van der Waals surface area contributed by atoms with Crippen LogP contribution in [0.4, 0.5) is 17.1 Å². The summed E-state index contributed by atoms with van der Waals surface area (Å²) in [6.45, 7) is 10.2. The summed E-state index contributed by atoms with van der Waals surface area (Å²) in [5.74, 6) is 0. The van der Waals surface area contributed by atoms with Gasteiger partial charge in [0.05, 0.1) is 11.4 Å². The van der Waals surface area contributed by atoms with Crippen molar-refractivity contribution in [2.45, 2.75) is 20.3 Å². The first-order valence-corrected chi connectivity index (χ1v) is 7.74. The Labute approximate surface area is 133 Å². The van der Waals surface area contributed by atoms with Crippen molar-refractivity contribution >= 4 is 17.1 Å². The lowest BCUT2D eigenvalue weighted by molar-refractivity contribution is 0.859. The monoisotopic (exact) mass is 293 g/mol. The fraction of sp³-hybridized carbons (Fsp3) is 0.263. The third-order valence-corrected chi connectivity index (χ3v) is 3.57. The van der Waals surface area contributed by atoms with E-state index in [9.17, 15) is 0 Å². The Morgan fingerprint density at radius 2 is 1.64 bits per heavy atom. The number of azo groups is 1. The Balaban J connectivity index is 2.28. The van der Waals surface area contributed by atoms with Crippen LogP contribution in [0.25, 0.3) is 0 Å². The molecule has 0 spiro atoms. The summed E-state index contributed by atoms with van der Waals surface area (Å²) in [5, 5.41) is 8.62. The molecule has 0 aromatic heterocycles. The van der Waals surface area contributed by atoms with Crippen LogP contribution in [0.5, 0.6) is 0 Å². The summed E-state index contributed by atoms with van der Waals surface area (Å²) >= 11 is 0. The first-order valence-electron chi connectivity index (χ1n) is 7.74. The second-order valence-corrected chi connectivity index (χ2v) is 5.01. The van der Waals surface area contributed by atoms with E-state index in [2.05, 4.69) is 47.7 Å². The van der Waals surface area contributed by atoms with Gasteiger partial charge in [-0.2, -0.15) is 10.2 Å². The van der Waals surface area contributed by atoms with Crippen LogP contribution < -0.4 is 4.90 Å². The predicted octanol–water partition coefficient (Wildman–Crippen LogP) is 5.68. The smallest absolute Gasteiger partial charge is 0.0861 e. The minimum Gasteiger partial charge on any atom is -0.372 e. The molecule has 114 valence electrons. The SMILES string of the molecule is C=CCc1cc(N=Nc2ccccc2)ccc1N(CC)CC. The van der Waals surface area contributed by atoms with Crippen molar-refractivity contribution < 1.29 is 0 Å². The second kappa shape index (κ2) is 8.13. The van der Waals surface area contributed by atoms with E-state index in [0.717, 1.165) is 30.9 Å². The van der Waals surface area contributed by atoms with E-state index >= 15 is 0 Å². The van der Waals surface area contributed by atoms with Gasteiger partial charge >= 0.3 is 0 Å². The zero-order chi connectivity index (χ0) is 15.8. The molecule has 0 bridgehead atoms. The largest absolute Gasteiger partial charge is 0.372 e. The summed E-state index contributed by atoms with van der Waals surface area (Å²) in [6, 6.07) is 16.0. The van der Waals surface area contributed by atoms with Gasteiger partial charge in [0.15, 0.2) is 0 Å². The number of allylic oxidation sites excluding steroid dienone is 1. The molecular formula is C19H23N3. The van der Waals surface area contributed by atoms with Crippen LogP contribution in [0.1, 0.15) is 19.4 Å². The lowest BCUT2D eigenvalue weighted by Gasteiger charge is -2.24. The molecule has 3 nitrogen and oxygen atoms in total. The normalized spacial score (nSPS) is 10.8. The van der Waals surface area contributed by atoms with Gasteiger partial charge in [-0.25, -0.2) is 0 Å². The zero-order valence-electron chi connectivity index (χ0n) is 13.4. The van der Waals surface area contributed by atoms with Crippen molar-refractivity contribution in [2.24, 2.45) is 10.2 Å². The van der Waals surface area contributed by atoms with Crippen molar-refractivity contribution in [1.29, 1.82) is 0 Å².